The van der Waals surface area contributed by atoms with Crippen molar-refractivity contribution in [2.45, 2.75) is 12.5 Å². The number of ether oxygens (including phenoxy) is 1. The van der Waals surface area contributed by atoms with E-state index in [1.807, 2.05) is 30.3 Å². The molecule has 0 fully saturated rings. The zero-order chi connectivity index (χ0) is 18.1. The molecule has 4 rings (SSSR count). The zero-order valence-corrected chi connectivity index (χ0v) is 14.9. The summed E-state index contributed by atoms with van der Waals surface area (Å²) in [6.07, 6.45) is 5.24. The van der Waals surface area contributed by atoms with E-state index >= 15 is 0 Å². The molecule has 0 spiro atoms. The van der Waals surface area contributed by atoms with E-state index in [9.17, 15) is 5.26 Å². The third-order valence-electron chi connectivity index (χ3n) is 4.19. The van der Waals surface area contributed by atoms with Gasteiger partial charge < -0.3 is 4.74 Å². The second-order valence-corrected chi connectivity index (χ2v) is 6.73. The standard InChI is InChI=1S/C19H12Cl2N4O/c20-16-4-13(5-17(21)7-16)19-6-15(9-26-19)12-1-2-18(14(3-12)8-22)25-11-23-10-24-25/h1-5,7,9-11,19H,6H2. The average molecular weight is 383 g/mol. The van der Waals surface area contributed by atoms with E-state index in [4.69, 9.17) is 27.9 Å². The lowest BCUT2D eigenvalue weighted by Gasteiger charge is -2.12. The molecule has 0 saturated carbocycles. The first-order valence-electron chi connectivity index (χ1n) is 7.84. The number of hydrogen-bond donors (Lipinski definition) is 0. The van der Waals surface area contributed by atoms with Crippen LogP contribution in [0.1, 0.15) is 29.2 Å². The van der Waals surface area contributed by atoms with E-state index < -0.39 is 0 Å². The number of benzene rings is 2. The van der Waals surface area contributed by atoms with Crippen LogP contribution in [0, 0.1) is 11.3 Å². The molecule has 0 N–H and O–H groups in total. The minimum absolute atomic E-state index is 0.151. The summed E-state index contributed by atoms with van der Waals surface area (Å²) in [6.45, 7) is 0. The monoisotopic (exact) mass is 382 g/mol. The second kappa shape index (κ2) is 6.83. The van der Waals surface area contributed by atoms with Crippen molar-refractivity contribution in [3.8, 4) is 11.8 Å². The Kier molecular flexibility index (Phi) is 4.37. The quantitative estimate of drug-likeness (QED) is 0.642. The third kappa shape index (κ3) is 3.17. The van der Waals surface area contributed by atoms with Gasteiger partial charge in [-0.1, -0.05) is 29.3 Å². The summed E-state index contributed by atoms with van der Waals surface area (Å²) in [7, 11) is 0. The first-order chi connectivity index (χ1) is 12.6. The van der Waals surface area contributed by atoms with Crippen LogP contribution in [-0.2, 0) is 4.74 Å². The van der Waals surface area contributed by atoms with E-state index in [1.165, 1.54) is 6.33 Å². The van der Waals surface area contributed by atoms with Gasteiger partial charge in [-0.05, 0) is 47.0 Å². The lowest BCUT2D eigenvalue weighted by molar-refractivity contribution is 0.173. The highest BCUT2D eigenvalue weighted by Crippen LogP contribution is 2.38. The van der Waals surface area contributed by atoms with Crippen LogP contribution < -0.4 is 0 Å². The smallest absolute Gasteiger partial charge is 0.138 e. The molecule has 26 heavy (non-hydrogen) atoms. The van der Waals surface area contributed by atoms with Gasteiger partial charge >= 0.3 is 0 Å². The average Bonchev–Trinajstić information content (AvgIpc) is 3.32. The summed E-state index contributed by atoms with van der Waals surface area (Å²) in [5.74, 6) is 0. The maximum atomic E-state index is 9.48. The summed E-state index contributed by atoms with van der Waals surface area (Å²) in [5.41, 5.74) is 4.07. The Hall–Kier alpha value is -2.81. The van der Waals surface area contributed by atoms with Gasteiger partial charge in [0.1, 0.15) is 24.8 Å². The molecule has 2 aromatic carbocycles. The number of rotatable bonds is 3. The van der Waals surface area contributed by atoms with Gasteiger partial charge in [0, 0.05) is 16.5 Å². The molecule has 3 aromatic rings. The van der Waals surface area contributed by atoms with Crippen molar-refractivity contribution < 1.29 is 4.74 Å². The fourth-order valence-electron chi connectivity index (χ4n) is 2.96. The first kappa shape index (κ1) is 16.6. The van der Waals surface area contributed by atoms with Crippen LogP contribution in [0.15, 0.2) is 55.3 Å². The summed E-state index contributed by atoms with van der Waals surface area (Å²) < 4.78 is 7.37. The van der Waals surface area contributed by atoms with Gasteiger partial charge in [-0.25, -0.2) is 9.67 Å². The predicted octanol–water partition coefficient (Wildman–Crippen LogP) is 4.95. The molecule has 128 valence electrons. The number of aromatic nitrogens is 3. The molecule has 7 heteroatoms. The molecule has 0 saturated heterocycles. The summed E-state index contributed by atoms with van der Waals surface area (Å²) in [6, 6.07) is 13.2. The van der Waals surface area contributed by atoms with Crippen molar-refractivity contribution in [3.05, 3.63) is 82.1 Å². The summed E-state index contributed by atoms with van der Waals surface area (Å²) in [4.78, 5) is 3.92. The van der Waals surface area contributed by atoms with Crippen molar-refractivity contribution in [3.63, 3.8) is 0 Å². The fourth-order valence-corrected chi connectivity index (χ4v) is 3.50. The van der Waals surface area contributed by atoms with E-state index in [0.717, 1.165) is 16.7 Å². The molecule has 0 radical (unpaired) electrons. The number of halogens is 2. The van der Waals surface area contributed by atoms with Crippen molar-refractivity contribution in [2.24, 2.45) is 0 Å². The first-order valence-corrected chi connectivity index (χ1v) is 8.59. The molecular weight excluding hydrogens is 371 g/mol. The lowest BCUT2D eigenvalue weighted by atomic mass is 9.97. The predicted molar refractivity (Wildman–Crippen MR) is 99.0 cm³/mol. The Morgan fingerprint density at radius 1 is 1.15 bits per heavy atom. The van der Waals surface area contributed by atoms with Gasteiger partial charge in [0.2, 0.25) is 0 Å². The van der Waals surface area contributed by atoms with Crippen LogP contribution in [0.5, 0.6) is 0 Å². The Balaban J connectivity index is 1.60. The molecule has 0 aliphatic carbocycles. The molecule has 2 heterocycles. The van der Waals surface area contributed by atoms with Gasteiger partial charge in [-0.3, -0.25) is 0 Å². The molecule has 1 aliphatic heterocycles. The van der Waals surface area contributed by atoms with Crippen LogP contribution in [0.25, 0.3) is 11.3 Å². The van der Waals surface area contributed by atoms with Gasteiger partial charge in [-0.15, -0.1) is 0 Å². The minimum Gasteiger partial charge on any atom is -0.493 e. The van der Waals surface area contributed by atoms with Crippen molar-refractivity contribution in [2.75, 3.05) is 0 Å². The largest absolute Gasteiger partial charge is 0.493 e. The molecule has 1 unspecified atom stereocenters. The molecule has 0 amide bonds. The molecule has 1 aromatic heterocycles. The molecule has 5 nitrogen and oxygen atoms in total. The second-order valence-electron chi connectivity index (χ2n) is 5.86. The van der Waals surface area contributed by atoms with Crippen molar-refractivity contribution >= 4 is 28.8 Å². The number of hydrogen-bond acceptors (Lipinski definition) is 4. The van der Waals surface area contributed by atoms with Crippen LogP contribution in [0.3, 0.4) is 0 Å². The van der Waals surface area contributed by atoms with Gasteiger partial charge in [-0.2, -0.15) is 10.4 Å². The Morgan fingerprint density at radius 2 is 1.96 bits per heavy atom. The molecule has 1 aliphatic rings. The highest BCUT2D eigenvalue weighted by Gasteiger charge is 2.23. The van der Waals surface area contributed by atoms with Gasteiger partial charge in [0.05, 0.1) is 17.5 Å². The number of nitriles is 1. The lowest BCUT2D eigenvalue weighted by Crippen LogP contribution is -1.99. The topological polar surface area (TPSA) is 63.7 Å². The Morgan fingerprint density at radius 3 is 2.65 bits per heavy atom. The van der Waals surface area contributed by atoms with Gasteiger partial charge in [0.15, 0.2) is 0 Å². The van der Waals surface area contributed by atoms with Crippen molar-refractivity contribution in [1.82, 2.24) is 14.8 Å². The summed E-state index contributed by atoms with van der Waals surface area (Å²) in [5, 5.41) is 14.7. The minimum atomic E-state index is -0.151. The van der Waals surface area contributed by atoms with E-state index in [2.05, 4.69) is 16.2 Å². The van der Waals surface area contributed by atoms with Crippen LogP contribution in [-0.4, -0.2) is 14.8 Å². The van der Waals surface area contributed by atoms with Crippen LogP contribution in [0.2, 0.25) is 10.0 Å². The van der Waals surface area contributed by atoms with Crippen LogP contribution in [0.4, 0.5) is 0 Å². The maximum absolute atomic E-state index is 9.48. The highest BCUT2D eigenvalue weighted by molar-refractivity contribution is 6.34. The Bertz CT molecular complexity index is 1020. The maximum Gasteiger partial charge on any atom is 0.138 e. The van der Waals surface area contributed by atoms with Gasteiger partial charge in [0.25, 0.3) is 0 Å². The zero-order valence-electron chi connectivity index (χ0n) is 13.4. The molecule has 0 bridgehead atoms. The summed E-state index contributed by atoms with van der Waals surface area (Å²) >= 11 is 12.2. The van der Waals surface area contributed by atoms with Crippen molar-refractivity contribution in [1.29, 1.82) is 5.26 Å². The molecule has 1 atom stereocenters. The highest BCUT2D eigenvalue weighted by atomic mass is 35.5. The van der Waals surface area contributed by atoms with E-state index in [-0.39, 0.29) is 6.10 Å². The van der Waals surface area contributed by atoms with Crippen LogP contribution >= 0.6 is 23.2 Å². The third-order valence-corrected chi connectivity index (χ3v) is 4.63. The number of nitrogens with zero attached hydrogens (tertiary/aromatic N) is 4. The molecular formula is C19H12Cl2N4O. The van der Waals surface area contributed by atoms with E-state index in [0.29, 0.717) is 27.7 Å². The normalized spacial score (nSPS) is 16.0. The SMILES string of the molecule is N#Cc1cc(C2=COC(c3cc(Cl)cc(Cl)c3)C2)ccc1-n1cncn1. The Labute approximate surface area is 160 Å². The van der Waals surface area contributed by atoms with E-state index in [1.54, 1.807) is 23.3 Å². The fraction of sp³-hybridized carbons (Fsp3) is 0.105.